The Morgan fingerprint density at radius 2 is 1.97 bits per heavy atom. The van der Waals surface area contributed by atoms with E-state index in [2.05, 4.69) is 21.9 Å². The second-order valence-corrected chi connectivity index (χ2v) is 9.53. The number of ether oxygens (including phenoxy) is 1. The molecule has 2 saturated heterocycles. The van der Waals surface area contributed by atoms with Crippen LogP contribution in [0.3, 0.4) is 0 Å². The minimum Gasteiger partial charge on any atom is -0.457 e. The van der Waals surface area contributed by atoms with Gasteiger partial charge in [-0.1, -0.05) is 12.1 Å². The van der Waals surface area contributed by atoms with Crippen molar-refractivity contribution in [1.82, 2.24) is 4.90 Å². The van der Waals surface area contributed by atoms with E-state index >= 15 is 0 Å². The molecule has 6 nitrogen and oxygen atoms in total. The number of aliphatic hydroxyl groups excluding tert-OH is 1. The normalized spacial score (nSPS) is 20.8. The standard InChI is InChI=1S/C26H29N3O3/c1-18-21(5-6-22-23(18)16-32-25(22)31)24(30)15-28-10-7-26(8-11-28)9-12-29(17-26)20-4-2-3-19(13-20)14-27/h2-6,13,24,30H,7-12,15-17H2,1H3. The molecule has 1 unspecified atom stereocenters. The smallest absolute Gasteiger partial charge is 0.338 e. The van der Waals surface area contributed by atoms with Crippen LogP contribution in [0.2, 0.25) is 0 Å². The zero-order valence-electron chi connectivity index (χ0n) is 18.5. The molecule has 0 aliphatic carbocycles. The first-order valence-corrected chi connectivity index (χ1v) is 11.4. The van der Waals surface area contributed by atoms with Gasteiger partial charge in [0.05, 0.1) is 23.3 Å². The molecule has 0 bridgehead atoms. The lowest BCUT2D eigenvalue weighted by molar-refractivity contribution is 0.0534. The first-order valence-electron chi connectivity index (χ1n) is 11.4. The van der Waals surface area contributed by atoms with Crippen LogP contribution in [0.1, 0.15) is 58.0 Å². The number of benzene rings is 2. The van der Waals surface area contributed by atoms with Crippen molar-refractivity contribution in [2.75, 3.05) is 37.6 Å². The summed E-state index contributed by atoms with van der Waals surface area (Å²) < 4.78 is 5.15. The van der Waals surface area contributed by atoms with Crippen LogP contribution >= 0.6 is 0 Å². The molecule has 1 spiro atoms. The average molecular weight is 432 g/mol. The lowest BCUT2D eigenvalue weighted by Gasteiger charge is -2.40. The van der Waals surface area contributed by atoms with E-state index in [1.807, 2.05) is 31.2 Å². The Balaban J connectivity index is 1.20. The molecule has 6 heteroatoms. The molecule has 0 amide bonds. The van der Waals surface area contributed by atoms with E-state index in [0.29, 0.717) is 29.7 Å². The van der Waals surface area contributed by atoms with Gasteiger partial charge in [0.1, 0.15) is 6.61 Å². The maximum Gasteiger partial charge on any atom is 0.338 e. The third kappa shape index (κ3) is 3.76. The predicted molar refractivity (Wildman–Crippen MR) is 121 cm³/mol. The SMILES string of the molecule is Cc1c(C(O)CN2CCC3(CC2)CCN(c2cccc(C#N)c2)C3)ccc2c1COC2=O. The van der Waals surface area contributed by atoms with Crippen molar-refractivity contribution in [3.8, 4) is 6.07 Å². The first-order chi connectivity index (χ1) is 15.5. The number of nitrogens with zero attached hydrogens (tertiary/aromatic N) is 3. The molecule has 1 N–H and O–H groups in total. The highest BCUT2D eigenvalue weighted by Crippen LogP contribution is 2.42. The first kappa shape index (κ1) is 21.0. The van der Waals surface area contributed by atoms with Crippen molar-refractivity contribution in [3.05, 3.63) is 64.2 Å². The molecule has 0 saturated carbocycles. The molecule has 2 aromatic rings. The van der Waals surface area contributed by atoms with Crippen molar-refractivity contribution in [2.45, 2.75) is 38.9 Å². The summed E-state index contributed by atoms with van der Waals surface area (Å²) in [5.74, 6) is -0.268. The molecule has 5 rings (SSSR count). The van der Waals surface area contributed by atoms with Gasteiger partial charge in [0.25, 0.3) is 0 Å². The highest BCUT2D eigenvalue weighted by Gasteiger charge is 2.41. The number of nitriles is 1. The van der Waals surface area contributed by atoms with Gasteiger partial charge in [0, 0.05) is 30.9 Å². The van der Waals surface area contributed by atoms with E-state index in [9.17, 15) is 15.2 Å². The molecule has 2 fully saturated rings. The molecule has 3 aliphatic heterocycles. The van der Waals surface area contributed by atoms with Gasteiger partial charge in [-0.05, 0) is 80.1 Å². The molecule has 32 heavy (non-hydrogen) atoms. The number of aliphatic hydroxyl groups is 1. The van der Waals surface area contributed by atoms with Gasteiger partial charge in [-0.3, -0.25) is 0 Å². The number of fused-ring (bicyclic) bond motifs is 1. The monoisotopic (exact) mass is 431 g/mol. The Kier molecular flexibility index (Phi) is 5.40. The van der Waals surface area contributed by atoms with Crippen LogP contribution in [-0.2, 0) is 11.3 Å². The van der Waals surface area contributed by atoms with Gasteiger partial charge < -0.3 is 19.6 Å². The van der Waals surface area contributed by atoms with Gasteiger partial charge in [-0.25, -0.2) is 4.79 Å². The highest BCUT2D eigenvalue weighted by molar-refractivity contribution is 5.93. The Morgan fingerprint density at radius 1 is 1.19 bits per heavy atom. The number of rotatable bonds is 4. The summed E-state index contributed by atoms with van der Waals surface area (Å²) >= 11 is 0. The van der Waals surface area contributed by atoms with Crippen LogP contribution in [0.5, 0.6) is 0 Å². The fourth-order valence-corrected chi connectivity index (χ4v) is 5.62. The van der Waals surface area contributed by atoms with Crippen LogP contribution in [0.25, 0.3) is 0 Å². The van der Waals surface area contributed by atoms with Gasteiger partial charge >= 0.3 is 5.97 Å². The quantitative estimate of drug-likeness (QED) is 0.746. The number of hydrogen-bond donors (Lipinski definition) is 1. The molecule has 166 valence electrons. The number of β-amino-alcohol motifs (C(OH)–C–C–N with tert-alkyl or cyclic N) is 1. The summed E-state index contributed by atoms with van der Waals surface area (Å²) in [4.78, 5) is 16.6. The number of piperidine rings is 1. The molecule has 0 aromatic heterocycles. The number of carbonyl (C=O) groups is 1. The zero-order valence-corrected chi connectivity index (χ0v) is 18.5. The highest BCUT2D eigenvalue weighted by atomic mass is 16.5. The largest absolute Gasteiger partial charge is 0.457 e. The summed E-state index contributed by atoms with van der Waals surface area (Å²) in [7, 11) is 0. The van der Waals surface area contributed by atoms with E-state index < -0.39 is 6.10 Å². The van der Waals surface area contributed by atoms with Crippen molar-refractivity contribution < 1.29 is 14.6 Å². The summed E-state index contributed by atoms with van der Waals surface area (Å²) in [6.07, 6.45) is 2.86. The Bertz CT molecular complexity index is 1080. The summed E-state index contributed by atoms with van der Waals surface area (Å²) in [5.41, 5.74) is 5.59. The molecule has 1 atom stereocenters. The Hall–Kier alpha value is -2.88. The Morgan fingerprint density at radius 3 is 2.75 bits per heavy atom. The lowest BCUT2D eigenvalue weighted by atomic mass is 9.77. The lowest BCUT2D eigenvalue weighted by Crippen LogP contribution is -2.43. The summed E-state index contributed by atoms with van der Waals surface area (Å²) in [5, 5.41) is 20.1. The van der Waals surface area contributed by atoms with Crippen LogP contribution in [0.4, 0.5) is 5.69 Å². The molecule has 3 heterocycles. The molecule has 0 radical (unpaired) electrons. The second-order valence-electron chi connectivity index (χ2n) is 9.53. The minimum atomic E-state index is -0.571. The number of carbonyl (C=O) groups excluding carboxylic acids is 1. The summed E-state index contributed by atoms with van der Waals surface area (Å²) in [6.45, 7) is 6.92. The van der Waals surface area contributed by atoms with Gasteiger partial charge in [-0.2, -0.15) is 5.26 Å². The van der Waals surface area contributed by atoms with Crippen molar-refractivity contribution in [2.24, 2.45) is 5.41 Å². The number of likely N-dealkylation sites (tertiary alicyclic amines) is 1. The third-order valence-electron chi connectivity index (χ3n) is 7.69. The summed E-state index contributed by atoms with van der Waals surface area (Å²) in [6, 6.07) is 13.8. The second kappa shape index (κ2) is 8.23. The van der Waals surface area contributed by atoms with E-state index in [1.54, 1.807) is 6.07 Å². The fraction of sp³-hybridized carbons (Fsp3) is 0.462. The number of hydrogen-bond acceptors (Lipinski definition) is 6. The molecular formula is C26H29N3O3. The van der Waals surface area contributed by atoms with Crippen LogP contribution < -0.4 is 4.90 Å². The van der Waals surface area contributed by atoms with E-state index in [-0.39, 0.29) is 5.97 Å². The fourth-order valence-electron chi connectivity index (χ4n) is 5.62. The number of cyclic esters (lactones) is 1. The third-order valence-corrected chi connectivity index (χ3v) is 7.69. The van der Waals surface area contributed by atoms with E-state index in [4.69, 9.17) is 4.74 Å². The minimum absolute atomic E-state index is 0.268. The maximum atomic E-state index is 11.8. The van der Waals surface area contributed by atoms with Gasteiger partial charge in [-0.15, -0.1) is 0 Å². The molecule has 2 aromatic carbocycles. The van der Waals surface area contributed by atoms with Crippen molar-refractivity contribution >= 4 is 11.7 Å². The predicted octanol–water partition coefficient (Wildman–Crippen LogP) is 3.56. The molecule has 3 aliphatic rings. The van der Waals surface area contributed by atoms with Crippen molar-refractivity contribution in [3.63, 3.8) is 0 Å². The number of anilines is 1. The van der Waals surface area contributed by atoms with Gasteiger partial charge in [0.2, 0.25) is 0 Å². The topological polar surface area (TPSA) is 76.8 Å². The Labute approximate surface area is 189 Å². The van der Waals surface area contributed by atoms with Crippen LogP contribution in [-0.4, -0.2) is 48.7 Å². The van der Waals surface area contributed by atoms with Crippen LogP contribution in [0.15, 0.2) is 36.4 Å². The average Bonchev–Trinajstić information content (AvgIpc) is 3.40. The van der Waals surface area contributed by atoms with E-state index in [1.165, 1.54) is 6.42 Å². The number of esters is 1. The van der Waals surface area contributed by atoms with Crippen molar-refractivity contribution in [1.29, 1.82) is 5.26 Å². The zero-order chi connectivity index (χ0) is 22.3. The van der Waals surface area contributed by atoms with Crippen LogP contribution in [0, 0.1) is 23.7 Å². The van der Waals surface area contributed by atoms with Gasteiger partial charge in [0.15, 0.2) is 0 Å². The van der Waals surface area contributed by atoms with E-state index in [0.717, 1.165) is 61.4 Å². The molecular weight excluding hydrogens is 402 g/mol. The maximum absolute atomic E-state index is 11.8.